The molecule has 7 nitrogen and oxygen atoms in total. The zero-order valence-corrected chi connectivity index (χ0v) is 21.5. The second-order valence-corrected chi connectivity index (χ2v) is 10.6. The third-order valence-electron chi connectivity index (χ3n) is 8.60. The average Bonchev–Trinajstić information content (AvgIpc) is 3.24. The molecular formula is C33H26N4O3. The molecule has 1 aliphatic heterocycles. The van der Waals surface area contributed by atoms with Gasteiger partial charge >= 0.3 is 0 Å². The van der Waals surface area contributed by atoms with Gasteiger partial charge in [0, 0.05) is 17.8 Å². The zero-order chi connectivity index (χ0) is 27.4. The number of nitrogens with one attached hydrogen (secondary N) is 1. The molecule has 4 aliphatic rings. The van der Waals surface area contributed by atoms with Gasteiger partial charge in [-0.1, -0.05) is 91.0 Å². The summed E-state index contributed by atoms with van der Waals surface area (Å²) in [6.07, 6.45) is 1.66. The van der Waals surface area contributed by atoms with E-state index in [1.165, 1.54) is 4.90 Å². The van der Waals surface area contributed by atoms with E-state index >= 15 is 0 Å². The van der Waals surface area contributed by atoms with E-state index in [0.29, 0.717) is 11.3 Å². The Morgan fingerprint density at radius 2 is 1.43 bits per heavy atom. The van der Waals surface area contributed by atoms with Crippen molar-refractivity contribution in [2.24, 2.45) is 16.9 Å². The molecule has 40 heavy (non-hydrogen) atoms. The summed E-state index contributed by atoms with van der Waals surface area (Å²) in [7, 11) is 0. The van der Waals surface area contributed by atoms with Gasteiger partial charge in [0.15, 0.2) is 0 Å². The van der Waals surface area contributed by atoms with E-state index < -0.39 is 23.2 Å². The normalized spacial score (nSPS) is 24.1. The molecule has 0 radical (unpaired) electrons. The van der Waals surface area contributed by atoms with E-state index in [2.05, 4.69) is 10.5 Å². The third-order valence-corrected chi connectivity index (χ3v) is 8.60. The number of nitrogens with zero attached hydrogens (tertiary/aromatic N) is 2. The summed E-state index contributed by atoms with van der Waals surface area (Å²) in [5.74, 6) is -2.37. The summed E-state index contributed by atoms with van der Waals surface area (Å²) in [6.45, 7) is 0.210. The number of nitrogen functional groups attached to an aromatic ring is 1. The highest BCUT2D eigenvalue weighted by molar-refractivity contribution is 6.11. The van der Waals surface area contributed by atoms with E-state index in [1.807, 2.05) is 78.9 Å². The van der Waals surface area contributed by atoms with Gasteiger partial charge in [0.2, 0.25) is 11.8 Å². The Kier molecular flexibility index (Phi) is 5.42. The van der Waals surface area contributed by atoms with Crippen LogP contribution in [-0.4, -0.2) is 28.8 Å². The molecule has 2 atom stereocenters. The van der Waals surface area contributed by atoms with Crippen LogP contribution in [0, 0.1) is 11.8 Å². The van der Waals surface area contributed by atoms with Gasteiger partial charge in [-0.3, -0.25) is 19.3 Å². The highest BCUT2D eigenvalue weighted by atomic mass is 16.2. The van der Waals surface area contributed by atoms with Gasteiger partial charge in [-0.2, -0.15) is 5.10 Å². The number of carbonyl (C=O) groups excluding carboxylic acids is 3. The Balaban J connectivity index is 1.37. The van der Waals surface area contributed by atoms with Crippen molar-refractivity contribution >= 4 is 29.6 Å². The fourth-order valence-corrected chi connectivity index (χ4v) is 6.99. The smallest absolute Gasteiger partial charge is 0.273 e. The molecule has 0 saturated carbocycles. The number of imide groups is 1. The largest absolute Gasteiger partial charge is 0.398 e. The van der Waals surface area contributed by atoms with Crippen LogP contribution in [0.1, 0.15) is 44.1 Å². The summed E-state index contributed by atoms with van der Waals surface area (Å²) in [4.78, 5) is 42.7. The maximum absolute atomic E-state index is 14.3. The van der Waals surface area contributed by atoms with Gasteiger partial charge in [-0.25, -0.2) is 5.43 Å². The molecule has 1 heterocycles. The topological polar surface area (TPSA) is 105 Å². The molecule has 3 amide bonds. The van der Waals surface area contributed by atoms with Crippen molar-refractivity contribution in [2.45, 2.75) is 17.9 Å². The van der Waals surface area contributed by atoms with E-state index in [9.17, 15) is 14.4 Å². The average molecular weight is 527 g/mol. The second-order valence-electron chi connectivity index (χ2n) is 10.6. The Bertz CT molecular complexity index is 1670. The predicted molar refractivity (Wildman–Crippen MR) is 151 cm³/mol. The molecule has 1 saturated heterocycles. The van der Waals surface area contributed by atoms with Crippen LogP contribution in [0.25, 0.3) is 0 Å². The fraction of sp³-hybridized carbons (Fsp3) is 0.152. The summed E-state index contributed by atoms with van der Waals surface area (Å²) >= 11 is 0. The summed E-state index contributed by atoms with van der Waals surface area (Å²) in [6, 6.07) is 32.2. The Morgan fingerprint density at radius 1 is 0.825 bits per heavy atom. The van der Waals surface area contributed by atoms with Crippen molar-refractivity contribution in [3.8, 4) is 0 Å². The molecule has 0 spiro atoms. The SMILES string of the molecule is Nc1ccccc1C(=O)N/N=C\C12c3ccccc3C(c3ccccc31)[C@H]1C(=O)N(Cc3ccccc3)C(=O)[C@H]12. The van der Waals surface area contributed by atoms with Crippen LogP contribution in [0.4, 0.5) is 5.69 Å². The van der Waals surface area contributed by atoms with Crippen molar-refractivity contribution in [1.82, 2.24) is 10.3 Å². The number of hydrazone groups is 1. The lowest BCUT2D eigenvalue weighted by Crippen LogP contribution is -2.54. The first kappa shape index (κ1) is 24.0. The molecule has 1 fully saturated rings. The van der Waals surface area contributed by atoms with Gasteiger partial charge in [0.05, 0.1) is 29.4 Å². The van der Waals surface area contributed by atoms with Crippen molar-refractivity contribution in [3.63, 3.8) is 0 Å². The number of nitrogens with two attached hydrogens (primary N) is 1. The van der Waals surface area contributed by atoms with Crippen LogP contribution in [0.15, 0.2) is 108 Å². The Hall–Kier alpha value is -5.04. The number of amides is 3. The predicted octanol–water partition coefficient (Wildman–Crippen LogP) is 4.23. The fourth-order valence-electron chi connectivity index (χ4n) is 6.99. The standard InChI is InChI=1S/C33H26N4O3/c34-26-17-9-6-14-23(26)30(38)36-35-19-33-24-15-7-4-12-21(24)27(22-13-5-8-16-25(22)33)28-29(33)32(40)37(31(28)39)18-20-10-2-1-3-11-20/h1-17,19,27-29H,18,34H2,(H,36,38)/b35-19-/t27?,28-,29+,33?/m1/s1. The van der Waals surface area contributed by atoms with Crippen LogP contribution in [0.2, 0.25) is 0 Å². The number of carbonyl (C=O) groups is 3. The van der Waals surface area contributed by atoms with Gasteiger partial charge < -0.3 is 5.73 Å². The van der Waals surface area contributed by atoms with E-state index in [4.69, 9.17) is 5.73 Å². The van der Waals surface area contributed by atoms with E-state index in [0.717, 1.165) is 27.8 Å². The quantitative estimate of drug-likeness (QED) is 0.176. The maximum atomic E-state index is 14.3. The summed E-state index contributed by atoms with van der Waals surface area (Å²) in [5.41, 5.74) is 13.0. The van der Waals surface area contributed by atoms with Crippen LogP contribution in [0.5, 0.6) is 0 Å². The number of anilines is 1. The van der Waals surface area contributed by atoms with Crippen LogP contribution in [-0.2, 0) is 21.5 Å². The lowest BCUT2D eigenvalue weighted by molar-refractivity contribution is -0.140. The Morgan fingerprint density at radius 3 is 2.10 bits per heavy atom. The molecule has 8 rings (SSSR count). The van der Waals surface area contributed by atoms with Gasteiger partial charge in [0.1, 0.15) is 0 Å². The molecule has 4 aromatic rings. The number of benzene rings is 4. The van der Waals surface area contributed by atoms with Gasteiger partial charge in [-0.15, -0.1) is 0 Å². The van der Waals surface area contributed by atoms with Crippen molar-refractivity contribution in [3.05, 3.63) is 137 Å². The molecule has 7 heteroatoms. The van der Waals surface area contributed by atoms with Crippen LogP contribution < -0.4 is 11.2 Å². The van der Waals surface area contributed by atoms with Crippen LogP contribution >= 0.6 is 0 Å². The third kappa shape index (κ3) is 3.30. The molecule has 3 aliphatic carbocycles. The van der Waals surface area contributed by atoms with Gasteiger partial charge in [-0.05, 0) is 39.9 Å². The molecule has 3 N–H and O–H groups in total. The van der Waals surface area contributed by atoms with Gasteiger partial charge in [0.25, 0.3) is 5.91 Å². The monoisotopic (exact) mass is 526 g/mol. The Labute approximate surface area is 231 Å². The lowest BCUT2D eigenvalue weighted by atomic mass is 9.47. The highest BCUT2D eigenvalue weighted by Gasteiger charge is 2.67. The summed E-state index contributed by atoms with van der Waals surface area (Å²) < 4.78 is 0. The molecule has 0 aromatic heterocycles. The van der Waals surface area contributed by atoms with E-state index in [1.54, 1.807) is 30.5 Å². The first-order valence-electron chi connectivity index (χ1n) is 13.3. The molecule has 0 unspecified atom stereocenters. The zero-order valence-electron chi connectivity index (χ0n) is 21.5. The highest BCUT2D eigenvalue weighted by Crippen LogP contribution is 2.63. The first-order valence-corrected chi connectivity index (χ1v) is 13.3. The van der Waals surface area contributed by atoms with Crippen LogP contribution in [0.3, 0.4) is 0 Å². The molecule has 4 aromatic carbocycles. The number of likely N-dealkylation sites (tertiary alicyclic amines) is 1. The minimum absolute atomic E-state index is 0.174. The number of rotatable bonds is 5. The first-order chi connectivity index (χ1) is 19.5. The number of hydrogen-bond acceptors (Lipinski definition) is 5. The number of hydrogen-bond donors (Lipinski definition) is 2. The van der Waals surface area contributed by atoms with Crippen molar-refractivity contribution in [1.29, 1.82) is 0 Å². The second kappa shape index (κ2) is 9.02. The minimum Gasteiger partial charge on any atom is -0.398 e. The minimum atomic E-state index is -1.04. The molecule has 2 bridgehead atoms. The molecular weight excluding hydrogens is 500 g/mol. The molecule has 196 valence electrons. The van der Waals surface area contributed by atoms with E-state index in [-0.39, 0.29) is 24.3 Å². The number of para-hydroxylation sites is 1. The van der Waals surface area contributed by atoms with Crippen molar-refractivity contribution < 1.29 is 14.4 Å². The lowest BCUT2D eigenvalue weighted by Gasteiger charge is -2.52. The summed E-state index contributed by atoms with van der Waals surface area (Å²) in [5, 5.41) is 4.44. The maximum Gasteiger partial charge on any atom is 0.273 e. The van der Waals surface area contributed by atoms with Crippen molar-refractivity contribution in [2.75, 3.05) is 5.73 Å².